The number of oxime groups is 1. The zero-order valence-electron chi connectivity index (χ0n) is 9.33. The van der Waals surface area contributed by atoms with Crippen LogP contribution in [-0.2, 0) is 11.4 Å². The minimum absolute atomic E-state index is 0.0421. The molecule has 0 aliphatic heterocycles. The molecule has 0 aromatic heterocycles. The zero-order chi connectivity index (χ0) is 11.3. The van der Waals surface area contributed by atoms with Crippen LogP contribution in [0.5, 0.6) is 0 Å². The van der Waals surface area contributed by atoms with Crippen molar-refractivity contribution in [3.63, 3.8) is 0 Å². The van der Waals surface area contributed by atoms with Crippen LogP contribution in [0.4, 0.5) is 0 Å². The minimum Gasteiger partial charge on any atom is -0.391 e. The maximum Gasteiger partial charge on any atom is 0.143 e. The predicted octanol–water partition coefficient (Wildman–Crippen LogP) is 3.89. The first kappa shape index (κ1) is 12.1. The second-order valence-electron chi connectivity index (χ2n) is 4.47. The van der Waals surface area contributed by atoms with Crippen LogP contribution in [0.1, 0.15) is 26.3 Å². The molecule has 1 rings (SSSR count). The number of hydrogen-bond acceptors (Lipinski definition) is 2. The topological polar surface area (TPSA) is 21.6 Å². The lowest BCUT2D eigenvalue weighted by atomic mass is 10.00. The molecule has 0 N–H and O–H groups in total. The van der Waals surface area contributed by atoms with Crippen LogP contribution < -0.4 is 0 Å². The van der Waals surface area contributed by atoms with Crippen LogP contribution in [0.25, 0.3) is 0 Å². The zero-order valence-corrected chi connectivity index (χ0v) is 10.1. The van der Waals surface area contributed by atoms with Crippen LogP contribution in [-0.4, -0.2) is 6.21 Å². The van der Waals surface area contributed by atoms with Gasteiger partial charge < -0.3 is 4.84 Å². The van der Waals surface area contributed by atoms with Gasteiger partial charge in [-0.1, -0.05) is 55.7 Å². The summed E-state index contributed by atoms with van der Waals surface area (Å²) in [5, 5.41) is 4.61. The van der Waals surface area contributed by atoms with Gasteiger partial charge in [-0.3, -0.25) is 0 Å². The highest BCUT2D eigenvalue weighted by molar-refractivity contribution is 6.31. The Morgan fingerprint density at radius 2 is 2.00 bits per heavy atom. The van der Waals surface area contributed by atoms with Crippen LogP contribution in [0, 0.1) is 5.41 Å². The molecule has 0 aliphatic rings. The Balaban J connectivity index is 2.45. The van der Waals surface area contributed by atoms with Crippen molar-refractivity contribution >= 4 is 17.8 Å². The smallest absolute Gasteiger partial charge is 0.143 e. The first-order valence-corrected chi connectivity index (χ1v) is 5.27. The molecule has 0 heterocycles. The van der Waals surface area contributed by atoms with Gasteiger partial charge in [-0.15, -0.1) is 0 Å². The lowest BCUT2D eigenvalue weighted by Crippen LogP contribution is -2.06. The molecular formula is C12H16ClNO. The Labute approximate surface area is 95.9 Å². The third-order valence-corrected chi connectivity index (χ3v) is 2.06. The van der Waals surface area contributed by atoms with E-state index in [1.54, 1.807) is 6.21 Å². The van der Waals surface area contributed by atoms with Crippen molar-refractivity contribution in [1.82, 2.24) is 0 Å². The molecule has 0 saturated carbocycles. The number of rotatable bonds is 3. The van der Waals surface area contributed by atoms with E-state index in [1.807, 2.05) is 24.3 Å². The highest BCUT2D eigenvalue weighted by Gasteiger charge is 2.05. The first-order chi connectivity index (χ1) is 6.99. The number of benzene rings is 1. The van der Waals surface area contributed by atoms with E-state index < -0.39 is 0 Å². The summed E-state index contributed by atoms with van der Waals surface area (Å²) in [5.41, 5.74) is 0.991. The van der Waals surface area contributed by atoms with Crippen LogP contribution >= 0.6 is 11.6 Å². The second kappa shape index (κ2) is 5.17. The molecule has 2 nitrogen and oxygen atoms in total. The van der Waals surface area contributed by atoms with Gasteiger partial charge in [-0.2, -0.15) is 0 Å². The quantitative estimate of drug-likeness (QED) is 0.565. The molecule has 0 atom stereocenters. The monoisotopic (exact) mass is 225 g/mol. The minimum atomic E-state index is 0.0421. The third-order valence-electron chi connectivity index (χ3n) is 1.69. The van der Waals surface area contributed by atoms with E-state index in [-0.39, 0.29) is 5.41 Å². The normalized spacial score (nSPS) is 12.0. The maximum atomic E-state index is 5.96. The molecule has 0 bridgehead atoms. The average molecular weight is 226 g/mol. The Morgan fingerprint density at radius 3 is 2.60 bits per heavy atom. The average Bonchev–Trinajstić information content (AvgIpc) is 2.13. The molecule has 0 fully saturated rings. The van der Waals surface area contributed by atoms with E-state index in [0.717, 1.165) is 5.56 Å². The molecule has 82 valence electrons. The second-order valence-corrected chi connectivity index (χ2v) is 4.87. The standard InChI is InChI=1S/C12H16ClNO/c1-12(2,3)9-14-15-8-10-6-4-5-7-11(10)13/h4-7,9H,8H2,1-3H3. The first-order valence-electron chi connectivity index (χ1n) is 4.89. The maximum absolute atomic E-state index is 5.96. The van der Waals surface area contributed by atoms with Crippen molar-refractivity contribution in [1.29, 1.82) is 0 Å². The lowest BCUT2D eigenvalue weighted by molar-refractivity contribution is 0.130. The molecule has 0 saturated heterocycles. The van der Waals surface area contributed by atoms with Gasteiger partial charge in [0.05, 0.1) is 0 Å². The van der Waals surface area contributed by atoms with Crippen molar-refractivity contribution < 1.29 is 4.84 Å². The van der Waals surface area contributed by atoms with Gasteiger partial charge in [0.1, 0.15) is 6.61 Å². The fourth-order valence-electron chi connectivity index (χ4n) is 0.918. The van der Waals surface area contributed by atoms with E-state index in [4.69, 9.17) is 16.4 Å². The summed E-state index contributed by atoms with van der Waals surface area (Å²) in [7, 11) is 0. The summed E-state index contributed by atoms with van der Waals surface area (Å²) in [6.07, 6.45) is 1.78. The van der Waals surface area contributed by atoms with Gasteiger partial charge in [-0.25, -0.2) is 0 Å². The van der Waals surface area contributed by atoms with Crippen molar-refractivity contribution in [2.45, 2.75) is 27.4 Å². The summed E-state index contributed by atoms with van der Waals surface area (Å²) >= 11 is 5.96. The Kier molecular flexibility index (Phi) is 4.15. The third kappa shape index (κ3) is 4.84. The van der Waals surface area contributed by atoms with Gasteiger partial charge in [0.25, 0.3) is 0 Å². The predicted molar refractivity (Wildman–Crippen MR) is 64.2 cm³/mol. The molecule has 0 aliphatic carbocycles. The fourth-order valence-corrected chi connectivity index (χ4v) is 1.11. The molecule has 0 amide bonds. The highest BCUT2D eigenvalue weighted by Crippen LogP contribution is 2.16. The van der Waals surface area contributed by atoms with Gasteiger partial charge >= 0.3 is 0 Å². The van der Waals surface area contributed by atoms with E-state index in [9.17, 15) is 0 Å². The van der Waals surface area contributed by atoms with Gasteiger partial charge in [0.2, 0.25) is 0 Å². The summed E-state index contributed by atoms with van der Waals surface area (Å²) in [6, 6.07) is 7.59. The van der Waals surface area contributed by atoms with Crippen molar-refractivity contribution in [3.8, 4) is 0 Å². The van der Waals surface area contributed by atoms with Crippen LogP contribution in [0.2, 0.25) is 5.02 Å². The van der Waals surface area contributed by atoms with Crippen molar-refractivity contribution in [3.05, 3.63) is 34.9 Å². The van der Waals surface area contributed by atoms with Gasteiger partial charge in [-0.05, 0) is 6.07 Å². The van der Waals surface area contributed by atoms with Gasteiger partial charge in [0.15, 0.2) is 0 Å². The molecule has 3 heteroatoms. The molecule has 0 unspecified atom stereocenters. The molecular weight excluding hydrogens is 210 g/mol. The number of hydrogen-bond donors (Lipinski definition) is 0. The molecule has 1 aromatic rings. The van der Waals surface area contributed by atoms with E-state index in [0.29, 0.717) is 11.6 Å². The Morgan fingerprint density at radius 1 is 1.33 bits per heavy atom. The largest absolute Gasteiger partial charge is 0.391 e. The lowest BCUT2D eigenvalue weighted by Gasteiger charge is -2.09. The molecule has 15 heavy (non-hydrogen) atoms. The van der Waals surface area contributed by atoms with Crippen molar-refractivity contribution in [2.24, 2.45) is 10.6 Å². The van der Waals surface area contributed by atoms with Crippen LogP contribution in [0.15, 0.2) is 29.4 Å². The van der Waals surface area contributed by atoms with E-state index >= 15 is 0 Å². The summed E-state index contributed by atoms with van der Waals surface area (Å²) in [4.78, 5) is 5.16. The number of halogens is 1. The molecule has 0 spiro atoms. The van der Waals surface area contributed by atoms with Crippen molar-refractivity contribution in [2.75, 3.05) is 0 Å². The van der Waals surface area contributed by atoms with E-state index in [1.165, 1.54) is 0 Å². The summed E-state index contributed by atoms with van der Waals surface area (Å²) in [5.74, 6) is 0. The molecule has 1 aromatic carbocycles. The molecule has 0 radical (unpaired) electrons. The Bertz CT molecular complexity index is 342. The van der Waals surface area contributed by atoms with Crippen LogP contribution in [0.3, 0.4) is 0 Å². The fraction of sp³-hybridized carbons (Fsp3) is 0.417. The summed E-state index contributed by atoms with van der Waals surface area (Å²) < 4.78 is 0. The highest BCUT2D eigenvalue weighted by atomic mass is 35.5. The van der Waals surface area contributed by atoms with Gasteiger partial charge in [0, 0.05) is 22.2 Å². The number of nitrogens with zero attached hydrogens (tertiary/aromatic N) is 1. The van der Waals surface area contributed by atoms with E-state index in [2.05, 4.69) is 25.9 Å². The Hall–Kier alpha value is -1.02. The summed E-state index contributed by atoms with van der Waals surface area (Å²) in [6.45, 7) is 6.60. The SMILES string of the molecule is CC(C)(C)C=NOCc1ccccc1Cl.